The van der Waals surface area contributed by atoms with Crippen LogP contribution in [0.15, 0.2) is 0 Å². The quantitative estimate of drug-likeness (QED) is 0.430. The zero-order chi connectivity index (χ0) is 2.71. The van der Waals surface area contributed by atoms with Crippen LogP contribution in [0.4, 0.5) is 0 Å². The third-order valence-corrected chi connectivity index (χ3v) is 0. The summed E-state index contributed by atoms with van der Waals surface area (Å²) in [5.41, 5.74) is 0. The smallest absolute Gasteiger partial charge is 0 e. The van der Waals surface area contributed by atoms with Gasteiger partial charge in [0, 0.05) is 2.85 Å². The van der Waals surface area contributed by atoms with Gasteiger partial charge >= 0.3 is 0 Å². The molecule has 0 fully saturated rings. The van der Waals surface area contributed by atoms with Crippen molar-refractivity contribution in [2.45, 2.75) is 42.5 Å². The monoisotopic (exact) mass is 96.2 g/mol. The third-order valence-electron chi connectivity index (χ3n) is 0. The highest BCUT2D eigenvalue weighted by Gasteiger charge is 1.35. The highest BCUT2D eigenvalue weighted by Crippen LogP contribution is 1.56. The first-order valence-corrected chi connectivity index (χ1v) is 1.41. The van der Waals surface area contributed by atoms with Crippen LogP contribution < -0.4 is 0 Å². The maximum Gasteiger partial charge on any atom is 0 e. The van der Waals surface area contributed by atoms with E-state index < -0.39 is 0 Å². The molecule has 0 spiro atoms. The summed E-state index contributed by atoms with van der Waals surface area (Å²) in [5, 5.41) is 0. The van der Waals surface area contributed by atoms with E-state index in [2.05, 4.69) is 13.8 Å². The van der Waals surface area contributed by atoms with Crippen molar-refractivity contribution in [3.05, 3.63) is 0 Å². The predicted molar refractivity (Wildman–Crippen MR) is 40.4 cm³/mol. The van der Waals surface area contributed by atoms with Crippen molar-refractivity contribution in [2.24, 2.45) is 0 Å². The Morgan fingerprint density at radius 2 is 1.00 bits per heavy atom. The molecule has 0 aliphatic heterocycles. The Balaban J connectivity index is -0.00000000200. The third kappa shape index (κ3) is 0. The van der Waals surface area contributed by atoms with Crippen LogP contribution in [0.1, 0.15) is 45.4 Å². The van der Waals surface area contributed by atoms with E-state index in [-0.39, 0.29) is 25.1 Å². The van der Waals surface area contributed by atoms with E-state index in [1.165, 1.54) is 6.42 Å². The van der Waals surface area contributed by atoms with Crippen molar-refractivity contribution in [2.75, 3.05) is 0 Å². The Morgan fingerprint density at radius 3 is 1.00 bits per heavy atom. The molecule has 48 valence electrons. The molecule has 0 heteroatoms. The number of hydrogen-bond donors (Lipinski definition) is 0. The van der Waals surface area contributed by atoms with E-state index in [4.69, 9.17) is 0 Å². The molecule has 0 heterocycles. The zero-order valence-electron chi connectivity index (χ0n) is 2.71. The second-order valence-electron chi connectivity index (χ2n) is 0.707. The lowest BCUT2D eigenvalue weighted by molar-refractivity contribution is 1.09. The molecule has 0 aliphatic rings. The number of rotatable bonds is 0. The molecule has 0 amide bonds. The lowest BCUT2D eigenvalue weighted by Gasteiger charge is -1.48. The molecular weight excluding hydrogens is 72.1 g/mol. The van der Waals surface area contributed by atoms with Gasteiger partial charge in [-0.25, -0.2) is 0 Å². The highest BCUT2D eigenvalue weighted by atomic mass is 13.4. The minimum atomic E-state index is 0. The average molecular weight is 96.3 g/mol. The minimum absolute atomic E-state index is 0. The SMILES string of the molecule is C.C.C.CCC.[HH].[HH]. The van der Waals surface area contributed by atoms with Gasteiger partial charge in [-0.2, -0.15) is 0 Å². The standard InChI is InChI=1S/C3H8.3CH4.2H2/c1-3-2;;;;;/h3H2,1-2H3;3*1H4;2*1H. The van der Waals surface area contributed by atoms with E-state index in [1.54, 1.807) is 0 Å². The van der Waals surface area contributed by atoms with Gasteiger partial charge in [0.15, 0.2) is 0 Å². The maximum absolute atomic E-state index is 2.12. The van der Waals surface area contributed by atoms with Crippen LogP contribution >= 0.6 is 0 Å². The second kappa shape index (κ2) is 80.0. The fourth-order valence-corrected chi connectivity index (χ4v) is 0. The van der Waals surface area contributed by atoms with Gasteiger partial charge in [-0.3, -0.25) is 0 Å². The zero-order valence-corrected chi connectivity index (χ0v) is 2.71. The fraction of sp³-hybridized carbons (Fsp3) is 1.00. The summed E-state index contributed by atoms with van der Waals surface area (Å²) in [6.07, 6.45) is 1.25. The molecule has 0 bridgehead atoms. The first-order chi connectivity index (χ1) is 1.41. The van der Waals surface area contributed by atoms with E-state index in [0.29, 0.717) is 0 Å². The van der Waals surface area contributed by atoms with E-state index in [9.17, 15) is 0 Å². The van der Waals surface area contributed by atoms with Crippen LogP contribution in [0.2, 0.25) is 0 Å². The van der Waals surface area contributed by atoms with Crippen LogP contribution in [0, 0.1) is 0 Å². The van der Waals surface area contributed by atoms with Crippen molar-refractivity contribution in [3.8, 4) is 0 Å². The van der Waals surface area contributed by atoms with E-state index >= 15 is 0 Å². The number of hydrogen-bond acceptors (Lipinski definition) is 0. The van der Waals surface area contributed by atoms with Gasteiger partial charge in [-0.05, 0) is 0 Å². The molecule has 0 aromatic carbocycles. The summed E-state index contributed by atoms with van der Waals surface area (Å²) in [4.78, 5) is 0. The van der Waals surface area contributed by atoms with Crippen LogP contribution in [0.5, 0.6) is 0 Å². The highest BCUT2D eigenvalue weighted by molar-refractivity contribution is 3.92. The maximum atomic E-state index is 2.12. The van der Waals surface area contributed by atoms with Gasteiger partial charge in [-0.1, -0.05) is 42.5 Å². The fourth-order valence-electron chi connectivity index (χ4n) is 0. The molecule has 0 saturated carbocycles. The molecule has 0 unspecified atom stereocenters. The van der Waals surface area contributed by atoms with Gasteiger partial charge in [0.25, 0.3) is 0 Å². The summed E-state index contributed by atoms with van der Waals surface area (Å²) >= 11 is 0. The van der Waals surface area contributed by atoms with Crippen LogP contribution in [0.25, 0.3) is 0 Å². The van der Waals surface area contributed by atoms with Gasteiger partial charge < -0.3 is 0 Å². The molecule has 0 radical (unpaired) electrons. The molecule has 0 rings (SSSR count). The van der Waals surface area contributed by atoms with Crippen molar-refractivity contribution >= 4 is 0 Å². The summed E-state index contributed by atoms with van der Waals surface area (Å²) in [6, 6.07) is 0. The molecule has 0 N–H and O–H groups in total. The van der Waals surface area contributed by atoms with Crippen LogP contribution in [0.3, 0.4) is 0 Å². The Bertz CT molecular complexity index is 6.49. The first-order valence-electron chi connectivity index (χ1n) is 1.41. The minimum Gasteiger partial charge on any atom is -0.0776 e. The van der Waals surface area contributed by atoms with Gasteiger partial charge in [0.1, 0.15) is 0 Å². The van der Waals surface area contributed by atoms with Gasteiger partial charge in [-0.15, -0.1) is 0 Å². The lowest BCUT2D eigenvalue weighted by atomic mass is 10.6. The first kappa shape index (κ1) is 37.5. The van der Waals surface area contributed by atoms with Crippen LogP contribution in [-0.4, -0.2) is 0 Å². The van der Waals surface area contributed by atoms with Crippen molar-refractivity contribution in [1.82, 2.24) is 0 Å². The molecule has 0 atom stereocenters. The Labute approximate surface area is 46.6 Å². The predicted octanol–water partition coefficient (Wildman–Crippen LogP) is 3.82. The van der Waals surface area contributed by atoms with Gasteiger partial charge in [0.05, 0.1) is 0 Å². The Hall–Kier alpha value is 0. The summed E-state index contributed by atoms with van der Waals surface area (Å²) in [7, 11) is 0. The normalized spacial score (nSPS) is 3.00. The molecule has 0 nitrogen and oxygen atoms in total. The summed E-state index contributed by atoms with van der Waals surface area (Å²) < 4.78 is 0. The van der Waals surface area contributed by atoms with Gasteiger partial charge in [0.2, 0.25) is 0 Å². The molecule has 6 heavy (non-hydrogen) atoms. The topological polar surface area (TPSA) is 0 Å². The molecule has 0 aromatic rings. The molecular formula is C6H24. The van der Waals surface area contributed by atoms with Crippen molar-refractivity contribution < 1.29 is 2.85 Å². The molecule has 0 aromatic heterocycles. The van der Waals surface area contributed by atoms with E-state index in [0.717, 1.165) is 0 Å². The molecule has 0 saturated heterocycles. The van der Waals surface area contributed by atoms with Crippen molar-refractivity contribution in [1.29, 1.82) is 0 Å². The lowest BCUT2D eigenvalue weighted by Crippen LogP contribution is -1.27. The second-order valence-corrected chi connectivity index (χ2v) is 0.707. The molecule has 0 aliphatic carbocycles. The summed E-state index contributed by atoms with van der Waals surface area (Å²) in [5.74, 6) is 0. The summed E-state index contributed by atoms with van der Waals surface area (Å²) in [6.45, 7) is 4.25. The average Bonchev–Trinajstić information content (AvgIpc) is 0.918. The van der Waals surface area contributed by atoms with Crippen LogP contribution in [-0.2, 0) is 0 Å². The largest absolute Gasteiger partial charge is 0.0776 e. The Kier molecular flexibility index (Phi) is 500. The Morgan fingerprint density at radius 1 is 1.00 bits per heavy atom. The van der Waals surface area contributed by atoms with Crippen molar-refractivity contribution in [3.63, 3.8) is 0 Å². The van der Waals surface area contributed by atoms with E-state index in [1.807, 2.05) is 0 Å².